The monoisotopic (exact) mass is 473 g/mol. The topological polar surface area (TPSA) is 114 Å². The Kier molecular flexibility index (Phi) is 7.80. The molecule has 10 heteroatoms. The van der Waals surface area contributed by atoms with Crippen LogP contribution in [0.2, 0.25) is 5.02 Å². The van der Waals surface area contributed by atoms with Crippen LogP contribution >= 0.6 is 22.9 Å². The van der Waals surface area contributed by atoms with Gasteiger partial charge in [0.1, 0.15) is 11.4 Å². The van der Waals surface area contributed by atoms with E-state index >= 15 is 0 Å². The lowest BCUT2D eigenvalue weighted by atomic mass is 10.2. The molecule has 1 heterocycles. The highest BCUT2D eigenvalue weighted by atomic mass is 35.5. The van der Waals surface area contributed by atoms with Crippen molar-refractivity contribution in [2.24, 2.45) is 0 Å². The number of imide groups is 1. The summed E-state index contributed by atoms with van der Waals surface area (Å²) in [5, 5.41) is 8.12. The number of nitrogens with one attached hydrogen (secondary N) is 3. The van der Waals surface area contributed by atoms with Crippen molar-refractivity contribution >= 4 is 56.8 Å². The average molecular weight is 474 g/mol. The molecule has 3 aromatic rings. The maximum atomic E-state index is 12.4. The second kappa shape index (κ2) is 10.7. The van der Waals surface area contributed by atoms with Crippen LogP contribution in [0.25, 0.3) is 10.1 Å². The Morgan fingerprint density at radius 1 is 1.00 bits per heavy atom. The Morgan fingerprint density at radius 3 is 2.41 bits per heavy atom. The predicted molar refractivity (Wildman–Crippen MR) is 122 cm³/mol. The number of carbonyl (C=O) groups excluding carboxylic acids is 4. The number of ether oxygens (including phenoxy) is 1. The number of benzene rings is 2. The number of thiophene rings is 1. The number of hydrogen-bond acceptors (Lipinski definition) is 6. The summed E-state index contributed by atoms with van der Waals surface area (Å²) >= 11 is 7.46. The van der Waals surface area contributed by atoms with Gasteiger partial charge in [-0.25, -0.2) is 4.79 Å². The third-order valence-electron chi connectivity index (χ3n) is 4.34. The molecule has 0 saturated carbocycles. The lowest BCUT2D eigenvalue weighted by molar-refractivity contribution is -0.153. The molecule has 1 aromatic heterocycles. The van der Waals surface area contributed by atoms with E-state index in [-0.39, 0.29) is 11.4 Å². The van der Waals surface area contributed by atoms with E-state index < -0.39 is 36.5 Å². The zero-order valence-corrected chi connectivity index (χ0v) is 18.6. The zero-order valence-electron chi connectivity index (χ0n) is 17.0. The van der Waals surface area contributed by atoms with Gasteiger partial charge in [0, 0.05) is 16.6 Å². The zero-order chi connectivity index (χ0) is 23.1. The fraction of sp³-hybridized carbons (Fsp3) is 0.182. The molecule has 0 aliphatic rings. The fourth-order valence-electron chi connectivity index (χ4n) is 2.72. The first kappa shape index (κ1) is 23.2. The van der Waals surface area contributed by atoms with Crippen LogP contribution in [0.3, 0.4) is 0 Å². The van der Waals surface area contributed by atoms with Crippen molar-refractivity contribution in [2.45, 2.75) is 19.6 Å². The van der Waals surface area contributed by atoms with Crippen molar-refractivity contribution in [1.29, 1.82) is 0 Å². The second-order valence-corrected chi connectivity index (χ2v) is 8.14. The maximum absolute atomic E-state index is 12.4. The Bertz CT molecular complexity index is 1150. The van der Waals surface area contributed by atoms with Crippen LogP contribution < -0.4 is 16.0 Å². The summed E-state index contributed by atoms with van der Waals surface area (Å²) in [7, 11) is 0. The normalized spacial score (nSPS) is 11.4. The minimum atomic E-state index is -1.23. The van der Waals surface area contributed by atoms with E-state index in [2.05, 4.69) is 16.0 Å². The summed E-state index contributed by atoms with van der Waals surface area (Å²) in [6.45, 7) is 1.10. The number of urea groups is 1. The van der Waals surface area contributed by atoms with Crippen molar-refractivity contribution < 1.29 is 23.9 Å². The molecule has 3 rings (SSSR count). The highest BCUT2D eigenvalue weighted by molar-refractivity contribution is 7.21. The molecule has 3 N–H and O–H groups in total. The van der Waals surface area contributed by atoms with Gasteiger partial charge in [-0.2, -0.15) is 0 Å². The van der Waals surface area contributed by atoms with Gasteiger partial charge in [0.05, 0.1) is 5.02 Å². The molecule has 0 spiro atoms. The van der Waals surface area contributed by atoms with Gasteiger partial charge >= 0.3 is 12.0 Å². The van der Waals surface area contributed by atoms with Crippen LogP contribution in [0.1, 0.15) is 22.2 Å². The first-order valence-electron chi connectivity index (χ1n) is 9.62. The maximum Gasteiger partial charge on any atom is 0.326 e. The SMILES string of the molecule is CC(OC(=O)CNC(=O)c1sc2ccccc2c1Cl)C(=O)NC(=O)NCc1ccccc1. The number of amides is 4. The van der Waals surface area contributed by atoms with E-state index in [1.54, 1.807) is 6.07 Å². The molecule has 8 nitrogen and oxygen atoms in total. The highest BCUT2D eigenvalue weighted by Gasteiger charge is 2.22. The van der Waals surface area contributed by atoms with Gasteiger partial charge in [0.25, 0.3) is 11.8 Å². The number of hydrogen-bond donors (Lipinski definition) is 3. The quantitative estimate of drug-likeness (QED) is 0.456. The Labute approximate surface area is 192 Å². The van der Waals surface area contributed by atoms with Gasteiger partial charge < -0.3 is 15.4 Å². The van der Waals surface area contributed by atoms with Crippen molar-refractivity contribution in [2.75, 3.05) is 6.54 Å². The molecule has 32 heavy (non-hydrogen) atoms. The molecule has 0 bridgehead atoms. The minimum Gasteiger partial charge on any atom is -0.451 e. The standard InChI is InChI=1S/C22H20ClN3O5S/c1-13(20(28)26-22(30)25-11-14-7-3-2-4-8-14)31-17(27)12-24-21(29)19-18(23)15-9-5-6-10-16(15)32-19/h2-10,13H,11-12H2,1H3,(H,24,29)(H2,25,26,28,30). The summed E-state index contributed by atoms with van der Waals surface area (Å²) in [4.78, 5) is 48.5. The molecule has 0 fully saturated rings. The molecule has 0 aliphatic heterocycles. The van der Waals surface area contributed by atoms with Crippen LogP contribution in [0.4, 0.5) is 4.79 Å². The van der Waals surface area contributed by atoms with Crippen LogP contribution in [-0.2, 0) is 20.9 Å². The third kappa shape index (κ3) is 6.05. The molecule has 0 aliphatic carbocycles. The second-order valence-electron chi connectivity index (χ2n) is 6.71. The summed E-state index contributed by atoms with van der Waals surface area (Å²) in [5.74, 6) is -2.14. The largest absolute Gasteiger partial charge is 0.451 e. The van der Waals surface area contributed by atoms with Gasteiger partial charge in [0.2, 0.25) is 0 Å². The van der Waals surface area contributed by atoms with Crippen molar-refractivity contribution in [3.63, 3.8) is 0 Å². The molecular weight excluding hydrogens is 454 g/mol. The number of fused-ring (bicyclic) bond motifs is 1. The van der Waals surface area contributed by atoms with Gasteiger partial charge in [-0.05, 0) is 18.6 Å². The molecule has 0 radical (unpaired) electrons. The predicted octanol–water partition coefficient (Wildman–Crippen LogP) is 3.24. The summed E-state index contributed by atoms with van der Waals surface area (Å²) in [6.07, 6.45) is -1.23. The number of carbonyl (C=O) groups is 4. The van der Waals surface area contributed by atoms with E-state index in [1.165, 1.54) is 18.3 Å². The van der Waals surface area contributed by atoms with Gasteiger partial charge in [-0.3, -0.25) is 19.7 Å². The van der Waals surface area contributed by atoms with E-state index in [1.807, 2.05) is 48.5 Å². The third-order valence-corrected chi connectivity index (χ3v) is 6.02. The molecule has 1 unspecified atom stereocenters. The van der Waals surface area contributed by atoms with Crippen LogP contribution in [0.15, 0.2) is 54.6 Å². The summed E-state index contributed by atoms with van der Waals surface area (Å²) < 4.78 is 5.82. The van der Waals surface area contributed by atoms with Crippen LogP contribution in [-0.4, -0.2) is 36.5 Å². The Hall–Kier alpha value is -3.43. The van der Waals surface area contributed by atoms with Crippen molar-refractivity contribution in [1.82, 2.24) is 16.0 Å². The lowest BCUT2D eigenvalue weighted by Gasteiger charge is -2.13. The van der Waals surface area contributed by atoms with E-state index in [9.17, 15) is 19.2 Å². The van der Waals surface area contributed by atoms with Crippen molar-refractivity contribution in [3.05, 3.63) is 70.1 Å². The first-order chi connectivity index (χ1) is 15.3. The van der Waals surface area contributed by atoms with Gasteiger partial charge in [-0.15, -0.1) is 11.3 Å². The Balaban J connectivity index is 1.43. The van der Waals surface area contributed by atoms with E-state index in [0.29, 0.717) is 5.02 Å². The van der Waals surface area contributed by atoms with Crippen LogP contribution in [0.5, 0.6) is 0 Å². The van der Waals surface area contributed by atoms with Crippen LogP contribution in [0, 0.1) is 0 Å². The summed E-state index contributed by atoms with van der Waals surface area (Å²) in [6, 6.07) is 15.7. The first-order valence-corrected chi connectivity index (χ1v) is 10.8. The molecular formula is C22H20ClN3O5S. The van der Waals surface area contributed by atoms with E-state index in [4.69, 9.17) is 16.3 Å². The number of rotatable bonds is 7. The molecule has 0 saturated heterocycles. The lowest BCUT2D eigenvalue weighted by Crippen LogP contribution is -2.45. The average Bonchev–Trinajstić information content (AvgIpc) is 3.13. The molecule has 2 aromatic carbocycles. The number of esters is 1. The molecule has 166 valence electrons. The Morgan fingerprint density at radius 2 is 1.69 bits per heavy atom. The fourth-order valence-corrected chi connectivity index (χ4v) is 4.15. The van der Waals surface area contributed by atoms with E-state index in [0.717, 1.165) is 15.6 Å². The van der Waals surface area contributed by atoms with Crippen molar-refractivity contribution in [3.8, 4) is 0 Å². The highest BCUT2D eigenvalue weighted by Crippen LogP contribution is 2.34. The molecule has 4 amide bonds. The molecule has 1 atom stereocenters. The van der Waals surface area contributed by atoms with Gasteiger partial charge in [0.15, 0.2) is 6.10 Å². The summed E-state index contributed by atoms with van der Waals surface area (Å²) in [5.41, 5.74) is 0.865. The number of halogens is 1. The smallest absolute Gasteiger partial charge is 0.326 e. The minimum absolute atomic E-state index is 0.237. The van der Waals surface area contributed by atoms with Gasteiger partial charge in [-0.1, -0.05) is 60.1 Å².